The number of aromatic carboxylic acids is 1. The minimum atomic E-state index is -0.853. The Morgan fingerprint density at radius 2 is 1.80 bits per heavy atom. The lowest BCUT2D eigenvalue weighted by molar-refractivity contribution is 0.0696. The van der Waals surface area contributed by atoms with Crippen molar-refractivity contribution in [3.05, 3.63) is 70.3 Å². The van der Waals surface area contributed by atoms with Gasteiger partial charge in [0.2, 0.25) is 0 Å². The second kappa shape index (κ2) is 5.10. The van der Waals surface area contributed by atoms with E-state index in [0.29, 0.717) is 5.56 Å². The molecule has 1 heterocycles. The molecule has 0 radical (unpaired) electrons. The Hall–Kier alpha value is -2.13. The molecule has 3 nitrogen and oxygen atoms in total. The second-order valence-electron chi connectivity index (χ2n) is 5.37. The molecule has 102 valence electrons. The highest BCUT2D eigenvalue weighted by Gasteiger charge is 2.18. The van der Waals surface area contributed by atoms with Crippen LogP contribution in [0.5, 0.6) is 0 Å². The molecule has 2 aromatic carbocycles. The van der Waals surface area contributed by atoms with Crippen molar-refractivity contribution in [2.75, 3.05) is 0 Å². The number of fused-ring (bicyclic) bond motifs is 1. The lowest BCUT2D eigenvalue weighted by Gasteiger charge is -2.15. The van der Waals surface area contributed by atoms with E-state index < -0.39 is 5.97 Å². The summed E-state index contributed by atoms with van der Waals surface area (Å²) in [5.41, 5.74) is 5.02. The van der Waals surface area contributed by atoms with Crippen LogP contribution in [0.3, 0.4) is 0 Å². The Kier molecular flexibility index (Phi) is 3.28. The molecule has 0 aromatic heterocycles. The highest BCUT2D eigenvalue weighted by molar-refractivity contribution is 5.89. The standard InChI is InChI=1S/C17H17NO2/c1-12-6-7-13(8-16(12)17(19)20)9-18-10-14-4-2-3-5-15(14)11-18/h2-8H,9-11H2,1H3,(H,19,20). The lowest BCUT2D eigenvalue weighted by Crippen LogP contribution is -2.16. The molecule has 0 saturated heterocycles. The fourth-order valence-corrected chi connectivity index (χ4v) is 2.77. The first-order valence-corrected chi connectivity index (χ1v) is 6.75. The maximum atomic E-state index is 11.2. The minimum Gasteiger partial charge on any atom is -0.478 e. The molecule has 0 fully saturated rings. The first kappa shape index (κ1) is 12.9. The van der Waals surface area contributed by atoms with E-state index in [4.69, 9.17) is 0 Å². The molecule has 0 spiro atoms. The van der Waals surface area contributed by atoms with Crippen molar-refractivity contribution < 1.29 is 9.90 Å². The monoisotopic (exact) mass is 267 g/mol. The largest absolute Gasteiger partial charge is 0.478 e. The number of hydrogen-bond donors (Lipinski definition) is 1. The zero-order valence-corrected chi connectivity index (χ0v) is 11.5. The van der Waals surface area contributed by atoms with Gasteiger partial charge in [0, 0.05) is 19.6 Å². The Morgan fingerprint density at radius 1 is 1.15 bits per heavy atom. The summed E-state index contributed by atoms with van der Waals surface area (Å²) in [7, 11) is 0. The van der Waals surface area contributed by atoms with Crippen LogP contribution >= 0.6 is 0 Å². The van der Waals surface area contributed by atoms with E-state index in [1.807, 2.05) is 19.1 Å². The van der Waals surface area contributed by atoms with Crippen molar-refractivity contribution in [2.24, 2.45) is 0 Å². The van der Waals surface area contributed by atoms with Gasteiger partial charge in [0.1, 0.15) is 0 Å². The van der Waals surface area contributed by atoms with Crippen LogP contribution in [0.1, 0.15) is 32.6 Å². The molecule has 0 unspecified atom stereocenters. The Labute approximate surface area is 118 Å². The summed E-state index contributed by atoms with van der Waals surface area (Å²) in [6.45, 7) is 4.49. The highest BCUT2D eigenvalue weighted by atomic mass is 16.4. The van der Waals surface area contributed by atoms with E-state index in [2.05, 4.69) is 29.2 Å². The molecular weight excluding hydrogens is 250 g/mol. The fraction of sp³-hybridized carbons (Fsp3) is 0.235. The molecule has 0 atom stereocenters. The number of aryl methyl sites for hydroxylation is 1. The third kappa shape index (κ3) is 2.45. The van der Waals surface area contributed by atoms with E-state index in [0.717, 1.165) is 30.8 Å². The molecule has 1 N–H and O–H groups in total. The van der Waals surface area contributed by atoms with Gasteiger partial charge in [-0.15, -0.1) is 0 Å². The average molecular weight is 267 g/mol. The van der Waals surface area contributed by atoms with Crippen molar-refractivity contribution in [3.8, 4) is 0 Å². The molecule has 0 amide bonds. The van der Waals surface area contributed by atoms with Crippen LogP contribution in [-0.4, -0.2) is 16.0 Å². The fourth-order valence-electron chi connectivity index (χ4n) is 2.77. The van der Waals surface area contributed by atoms with Gasteiger partial charge < -0.3 is 5.11 Å². The number of benzene rings is 2. The van der Waals surface area contributed by atoms with Gasteiger partial charge in [-0.2, -0.15) is 0 Å². The molecule has 20 heavy (non-hydrogen) atoms. The summed E-state index contributed by atoms with van der Waals surface area (Å²) in [5, 5.41) is 9.18. The summed E-state index contributed by atoms with van der Waals surface area (Å²) >= 11 is 0. The normalized spacial score (nSPS) is 14.2. The number of carbonyl (C=O) groups is 1. The third-order valence-electron chi connectivity index (χ3n) is 3.84. The Bertz CT molecular complexity index is 639. The van der Waals surface area contributed by atoms with E-state index in [1.54, 1.807) is 6.07 Å². The van der Waals surface area contributed by atoms with Gasteiger partial charge in [-0.3, -0.25) is 4.90 Å². The zero-order chi connectivity index (χ0) is 14.1. The number of nitrogens with zero attached hydrogens (tertiary/aromatic N) is 1. The van der Waals surface area contributed by atoms with Gasteiger partial charge in [0.05, 0.1) is 5.56 Å². The van der Waals surface area contributed by atoms with Crippen molar-refractivity contribution in [3.63, 3.8) is 0 Å². The highest BCUT2D eigenvalue weighted by Crippen LogP contribution is 2.24. The summed E-state index contributed by atoms with van der Waals surface area (Å²) < 4.78 is 0. The molecule has 0 saturated carbocycles. The minimum absolute atomic E-state index is 0.402. The molecule has 3 heteroatoms. The van der Waals surface area contributed by atoms with Crippen molar-refractivity contribution in [1.82, 2.24) is 4.90 Å². The molecule has 0 bridgehead atoms. The van der Waals surface area contributed by atoms with Crippen LogP contribution in [0.4, 0.5) is 0 Å². The van der Waals surface area contributed by atoms with Gasteiger partial charge in [0.25, 0.3) is 0 Å². The van der Waals surface area contributed by atoms with Crippen LogP contribution in [0.15, 0.2) is 42.5 Å². The first-order chi connectivity index (χ1) is 9.63. The predicted octanol–water partition coefficient (Wildman–Crippen LogP) is 3.21. The number of rotatable bonds is 3. The lowest BCUT2D eigenvalue weighted by atomic mass is 10.0. The first-order valence-electron chi connectivity index (χ1n) is 6.75. The van der Waals surface area contributed by atoms with Crippen LogP contribution < -0.4 is 0 Å². The number of hydrogen-bond acceptors (Lipinski definition) is 2. The van der Waals surface area contributed by atoms with Crippen LogP contribution in [0.2, 0.25) is 0 Å². The van der Waals surface area contributed by atoms with E-state index in [-0.39, 0.29) is 0 Å². The number of carboxylic acid groups (broad SMARTS) is 1. The van der Waals surface area contributed by atoms with Crippen LogP contribution in [-0.2, 0) is 19.6 Å². The second-order valence-corrected chi connectivity index (χ2v) is 5.37. The molecule has 1 aliphatic heterocycles. The predicted molar refractivity (Wildman–Crippen MR) is 77.5 cm³/mol. The topological polar surface area (TPSA) is 40.5 Å². The van der Waals surface area contributed by atoms with Crippen molar-refractivity contribution >= 4 is 5.97 Å². The van der Waals surface area contributed by atoms with Gasteiger partial charge in [-0.05, 0) is 35.2 Å². The molecule has 0 aliphatic carbocycles. The molecular formula is C17H17NO2. The van der Waals surface area contributed by atoms with E-state index >= 15 is 0 Å². The van der Waals surface area contributed by atoms with Gasteiger partial charge >= 0.3 is 5.97 Å². The molecule has 1 aliphatic rings. The molecule has 2 aromatic rings. The van der Waals surface area contributed by atoms with E-state index in [1.165, 1.54) is 11.1 Å². The maximum absolute atomic E-state index is 11.2. The van der Waals surface area contributed by atoms with Gasteiger partial charge in [-0.1, -0.05) is 36.4 Å². The zero-order valence-electron chi connectivity index (χ0n) is 11.5. The summed E-state index contributed by atoms with van der Waals surface area (Å²) in [5.74, 6) is -0.853. The maximum Gasteiger partial charge on any atom is 0.335 e. The Morgan fingerprint density at radius 3 is 2.40 bits per heavy atom. The SMILES string of the molecule is Cc1ccc(CN2Cc3ccccc3C2)cc1C(=O)O. The summed E-state index contributed by atoms with van der Waals surface area (Å²) in [6.07, 6.45) is 0. The van der Waals surface area contributed by atoms with Gasteiger partial charge in [-0.25, -0.2) is 4.79 Å². The molecule has 3 rings (SSSR count). The average Bonchev–Trinajstić information content (AvgIpc) is 2.82. The third-order valence-corrected chi connectivity index (χ3v) is 3.84. The number of carboxylic acids is 1. The van der Waals surface area contributed by atoms with E-state index in [9.17, 15) is 9.90 Å². The van der Waals surface area contributed by atoms with Gasteiger partial charge in [0.15, 0.2) is 0 Å². The summed E-state index contributed by atoms with van der Waals surface area (Å²) in [6, 6.07) is 14.2. The Balaban J connectivity index is 1.77. The van der Waals surface area contributed by atoms with Crippen LogP contribution in [0, 0.1) is 6.92 Å². The smallest absolute Gasteiger partial charge is 0.335 e. The van der Waals surface area contributed by atoms with Crippen LogP contribution in [0.25, 0.3) is 0 Å². The van der Waals surface area contributed by atoms with Crippen molar-refractivity contribution in [2.45, 2.75) is 26.6 Å². The van der Waals surface area contributed by atoms with Crippen molar-refractivity contribution in [1.29, 1.82) is 0 Å². The summed E-state index contributed by atoms with van der Waals surface area (Å²) in [4.78, 5) is 13.5. The quantitative estimate of drug-likeness (QED) is 0.928.